The first-order chi connectivity index (χ1) is 13.7. The van der Waals surface area contributed by atoms with Crippen molar-refractivity contribution in [3.8, 4) is 0 Å². The number of para-hydroxylation sites is 2. The van der Waals surface area contributed by atoms with Crippen LogP contribution in [0.1, 0.15) is 5.56 Å². The molecule has 0 fully saturated rings. The summed E-state index contributed by atoms with van der Waals surface area (Å²) in [4.78, 5) is 37.6. The highest BCUT2D eigenvalue weighted by Crippen LogP contribution is 2.40. The first-order valence-electron chi connectivity index (χ1n) is 9.08. The summed E-state index contributed by atoms with van der Waals surface area (Å²) in [7, 11) is 1.88. The highest BCUT2D eigenvalue weighted by Gasteiger charge is 2.23. The van der Waals surface area contributed by atoms with Crippen molar-refractivity contribution in [3.05, 3.63) is 68.7 Å². The fourth-order valence-electron chi connectivity index (χ4n) is 4.42. The molecular weight excluding hydrogens is 388 g/mol. The number of hydrogen-bond acceptors (Lipinski definition) is 5. The molecule has 3 heterocycles. The van der Waals surface area contributed by atoms with Crippen LogP contribution in [-0.4, -0.2) is 22.0 Å². The third-order valence-corrected chi connectivity index (χ3v) is 5.51. The van der Waals surface area contributed by atoms with E-state index in [9.17, 15) is 9.59 Å². The molecule has 2 N–H and O–H groups in total. The van der Waals surface area contributed by atoms with Crippen LogP contribution < -0.4 is 16.4 Å². The molecule has 3 aromatic carbocycles. The molecular formula is C22H15ClN4O2. The Morgan fingerprint density at radius 3 is 2.21 bits per heavy atom. The molecule has 0 aliphatic rings. The standard InChI is InChI=1S/C22H14N4O2.ClH/c1-23-9-10-5-4-7-12-15-17-16(21(27)26-22(17)28)14-11-6-2-3-8-13(11)24-19(14)20(15)25-18(10)12;/h2-8,23H,9H2,1H3,(H,26,27,28);1H. The number of aromatic amines is 1. The van der Waals surface area contributed by atoms with Crippen LogP contribution in [-0.2, 0) is 6.54 Å². The Labute approximate surface area is 169 Å². The highest BCUT2D eigenvalue weighted by atomic mass is 35.5. The Hall–Kier alpha value is -3.35. The second kappa shape index (κ2) is 6.07. The molecule has 7 heteroatoms. The van der Waals surface area contributed by atoms with Gasteiger partial charge in [-0.05, 0) is 18.7 Å². The van der Waals surface area contributed by atoms with Gasteiger partial charge in [-0.1, -0.05) is 36.4 Å². The van der Waals surface area contributed by atoms with E-state index in [4.69, 9.17) is 9.97 Å². The predicted molar refractivity (Wildman–Crippen MR) is 119 cm³/mol. The Kier molecular flexibility index (Phi) is 3.71. The van der Waals surface area contributed by atoms with Gasteiger partial charge in [0.05, 0.1) is 32.8 Å². The van der Waals surface area contributed by atoms with Crippen LogP contribution in [0.3, 0.4) is 0 Å². The fraction of sp³-hybridized carbons (Fsp3) is 0.0909. The van der Waals surface area contributed by atoms with E-state index in [0.29, 0.717) is 39.1 Å². The Balaban J connectivity index is 0.00000181. The molecule has 6 rings (SSSR count). The van der Waals surface area contributed by atoms with E-state index in [1.165, 1.54) is 0 Å². The molecule has 0 unspecified atom stereocenters. The van der Waals surface area contributed by atoms with Gasteiger partial charge < -0.3 is 5.32 Å². The number of H-pyrrole nitrogens is 1. The Morgan fingerprint density at radius 2 is 1.45 bits per heavy atom. The van der Waals surface area contributed by atoms with E-state index in [1.54, 1.807) is 0 Å². The van der Waals surface area contributed by atoms with Crippen molar-refractivity contribution in [1.29, 1.82) is 0 Å². The number of aromatic nitrogens is 3. The van der Waals surface area contributed by atoms with Crippen LogP contribution in [0.5, 0.6) is 0 Å². The molecule has 0 bridgehead atoms. The second-order valence-electron chi connectivity index (χ2n) is 7.06. The molecule has 142 valence electrons. The third kappa shape index (κ3) is 2.15. The smallest absolute Gasteiger partial charge is 0.259 e. The number of fused-ring (bicyclic) bond motifs is 10. The van der Waals surface area contributed by atoms with Gasteiger partial charge in [-0.25, -0.2) is 9.97 Å². The van der Waals surface area contributed by atoms with Gasteiger partial charge in [-0.15, -0.1) is 12.4 Å². The predicted octanol–water partition coefficient (Wildman–Crippen LogP) is 3.31. The average molecular weight is 403 g/mol. The summed E-state index contributed by atoms with van der Waals surface area (Å²) in [6.45, 7) is 0.660. The molecule has 6 aromatic rings. The van der Waals surface area contributed by atoms with E-state index < -0.39 is 0 Å². The van der Waals surface area contributed by atoms with Crippen LogP contribution in [0, 0.1) is 0 Å². The summed E-state index contributed by atoms with van der Waals surface area (Å²) in [5.74, 6) is 0. The number of nitrogens with one attached hydrogen (secondary N) is 2. The minimum Gasteiger partial charge on any atom is -0.316 e. The van der Waals surface area contributed by atoms with Gasteiger partial charge in [0.2, 0.25) is 0 Å². The maximum Gasteiger partial charge on any atom is 0.259 e. The molecule has 0 radical (unpaired) electrons. The van der Waals surface area contributed by atoms with Gasteiger partial charge in [0.1, 0.15) is 0 Å². The topological polar surface area (TPSA) is 87.7 Å². The minimum absolute atomic E-state index is 0. The van der Waals surface area contributed by atoms with Crippen molar-refractivity contribution in [2.24, 2.45) is 0 Å². The molecule has 6 nitrogen and oxygen atoms in total. The van der Waals surface area contributed by atoms with Crippen LogP contribution in [0.25, 0.3) is 54.4 Å². The number of halogens is 1. The van der Waals surface area contributed by atoms with Gasteiger partial charge in [-0.2, -0.15) is 0 Å². The second-order valence-corrected chi connectivity index (χ2v) is 7.06. The van der Waals surface area contributed by atoms with Gasteiger partial charge in [0, 0.05) is 28.1 Å². The van der Waals surface area contributed by atoms with E-state index >= 15 is 0 Å². The van der Waals surface area contributed by atoms with E-state index in [-0.39, 0.29) is 23.5 Å². The van der Waals surface area contributed by atoms with Crippen LogP contribution >= 0.6 is 12.4 Å². The average Bonchev–Trinajstić information content (AvgIpc) is 3.34. The SMILES string of the molecule is CNCc1cccc2c1nc1c3nc4ccccc4c3c3c(=O)[nH]c(=O)c3c21.Cl. The zero-order chi connectivity index (χ0) is 19.0. The maximum absolute atomic E-state index is 12.8. The Bertz CT molecular complexity index is 1680. The molecule has 0 saturated carbocycles. The minimum atomic E-state index is -0.370. The van der Waals surface area contributed by atoms with Gasteiger partial charge in [0.25, 0.3) is 11.1 Å². The lowest BCUT2D eigenvalue weighted by Crippen LogP contribution is -2.05. The van der Waals surface area contributed by atoms with Crippen molar-refractivity contribution < 1.29 is 0 Å². The monoisotopic (exact) mass is 402 g/mol. The lowest BCUT2D eigenvalue weighted by atomic mass is 10.0. The first kappa shape index (κ1) is 17.7. The van der Waals surface area contributed by atoms with Crippen molar-refractivity contribution >= 4 is 66.8 Å². The van der Waals surface area contributed by atoms with Crippen LogP contribution in [0.2, 0.25) is 0 Å². The van der Waals surface area contributed by atoms with E-state index in [1.807, 2.05) is 49.5 Å². The van der Waals surface area contributed by atoms with Crippen molar-refractivity contribution in [1.82, 2.24) is 20.3 Å². The zero-order valence-electron chi connectivity index (χ0n) is 15.4. The third-order valence-electron chi connectivity index (χ3n) is 5.51. The van der Waals surface area contributed by atoms with Crippen LogP contribution in [0.4, 0.5) is 0 Å². The molecule has 0 atom stereocenters. The first-order valence-corrected chi connectivity index (χ1v) is 9.08. The summed E-state index contributed by atoms with van der Waals surface area (Å²) in [5, 5.41) is 7.14. The molecule has 0 aliphatic heterocycles. The summed E-state index contributed by atoms with van der Waals surface area (Å²) in [5.41, 5.74) is 3.28. The van der Waals surface area contributed by atoms with Crippen molar-refractivity contribution in [2.45, 2.75) is 6.54 Å². The fourth-order valence-corrected chi connectivity index (χ4v) is 4.42. The Morgan fingerprint density at radius 1 is 0.793 bits per heavy atom. The summed E-state index contributed by atoms with van der Waals surface area (Å²) < 4.78 is 0. The molecule has 29 heavy (non-hydrogen) atoms. The molecule has 3 aromatic heterocycles. The lowest BCUT2D eigenvalue weighted by Gasteiger charge is -2.00. The molecule has 0 aliphatic carbocycles. The lowest BCUT2D eigenvalue weighted by molar-refractivity contribution is 0.822. The van der Waals surface area contributed by atoms with Gasteiger partial charge in [-0.3, -0.25) is 14.6 Å². The maximum atomic E-state index is 12.8. The van der Waals surface area contributed by atoms with E-state index in [2.05, 4.69) is 10.3 Å². The highest BCUT2D eigenvalue weighted by molar-refractivity contribution is 6.35. The summed E-state index contributed by atoms with van der Waals surface area (Å²) in [6.07, 6.45) is 0. The van der Waals surface area contributed by atoms with Crippen molar-refractivity contribution in [3.63, 3.8) is 0 Å². The number of nitrogens with zero attached hydrogens (tertiary/aromatic N) is 2. The van der Waals surface area contributed by atoms with Gasteiger partial charge in [0.15, 0.2) is 0 Å². The molecule has 0 spiro atoms. The summed E-state index contributed by atoms with van der Waals surface area (Å²) >= 11 is 0. The van der Waals surface area contributed by atoms with Crippen LogP contribution in [0.15, 0.2) is 52.1 Å². The zero-order valence-corrected chi connectivity index (χ0v) is 16.2. The van der Waals surface area contributed by atoms with Crippen molar-refractivity contribution in [2.75, 3.05) is 7.05 Å². The number of rotatable bonds is 2. The number of hydrogen-bond donors (Lipinski definition) is 2. The quantitative estimate of drug-likeness (QED) is 0.464. The van der Waals surface area contributed by atoms with Gasteiger partial charge >= 0.3 is 0 Å². The molecule has 0 amide bonds. The summed E-state index contributed by atoms with van der Waals surface area (Å²) in [6, 6.07) is 13.6. The normalized spacial score (nSPS) is 11.9. The molecule has 0 saturated heterocycles. The largest absolute Gasteiger partial charge is 0.316 e. The van der Waals surface area contributed by atoms with E-state index in [0.717, 1.165) is 27.4 Å². The number of benzene rings is 3.